The highest BCUT2D eigenvalue weighted by Gasteiger charge is 2.43. The number of nitrogens with zero attached hydrogens (tertiary/aromatic N) is 3. The summed E-state index contributed by atoms with van der Waals surface area (Å²) in [6.45, 7) is 8.63. The zero-order chi connectivity index (χ0) is 20.4. The molecule has 1 aromatic rings. The van der Waals surface area contributed by atoms with Gasteiger partial charge in [0.05, 0.1) is 18.2 Å². The third-order valence-electron chi connectivity index (χ3n) is 5.93. The molecule has 1 aliphatic carbocycles. The second-order valence-electron chi connectivity index (χ2n) is 7.90. The van der Waals surface area contributed by atoms with E-state index in [1.165, 1.54) is 4.90 Å². The second kappa shape index (κ2) is 8.32. The lowest BCUT2D eigenvalue weighted by Crippen LogP contribution is -2.42. The third-order valence-corrected chi connectivity index (χ3v) is 5.93. The first-order valence-electron chi connectivity index (χ1n) is 10.3. The number of hydrogen-bond acceptors (Lipinski definition) is 4. The van der Waals surface area contributed by atoms with Crippen molar-refractivity contribution >= 4 is 17.8 Å². The lowest BCUT2D eigenvalue weighted by Gasteiger charge is -2.28. The van der Waals surface area contributed by atoms with Crippen molar-refractivity contribution in [1.82, 2.24) is 25.3 Å². The number of aryl methyl sites for hydroxylation is 2. The van der Waals surface area contributed by atoms with Gasteiger partial charge in [-0.05, 0) is 40.5 Å². The van der Waals surface area contributed by atoms with Crippen LogP contribution in [0.3, 0.4) is 0 Å². The van der Waals surface area contributed by atoms with Crippen molar-refractivity contribution in [3.63, 3.8) is 0 Å². The normalized spacial score (nSPS) is 21.7. The van der Waals surface area contributed by atoms with Crippen LogP contribution in [0.5, 0.6) is 0 Å². The van der Waals surface area contributed by atoms with Crippen LogP contribution in [0.15, 0.2) is 0 Å². The van der Waals surface area contributed by atoms with Crippen LogP contribution in [0.25, 0.3) is 0 Å². The van der Waals surface area contributed by atoms with Gasteiger partial charge < -0.3 is 10.6 Å². The summed E-state index contributed by atoms with van der Waals surface area (Å²) < 4.78 is 1.91. The van der Waals surface area contributed by atoms with Gasteiger partial charge in [-0.25, -0.2) is 4.79 Å². The summed E-state index contributed by atoms with van der Waals surface area (Å²) in [7, 11) is 0. The van der Waals surface area contributed by atoms with Crippen LogP contribution in [-0.4, -0.2) is 44.6 Å². The first-order chi connectivity index (χ1) is 13.3. The highest BCUT2D eigenvalue weighted by molar-refractivity contribution is 6.06. The molecule has 4 amide bonds. The molecule has 154 valence electrons. The molecular formula is C20H31N5O3. The molecule has 0 radical (unpaired) electrons. The summed E-state index contributed by atoms with van der Waals surface area (Å²) in [5, 5.41) is 10.1. The number of urea groups is 1. The zero-order valence-electron chi connectivity index (χ0n) is 17.2. The Labute approximate surface area is 166 Å². The van der Waals surface area contributed by atoms with Crippen molar-refractivity contribution in [2.75, 3.05) is 0 Å². The van der Waals surface area contributed by atoms with Crippen LogP contribution in [0, 0.1) is 13.8 Å². The highest BCUT2D eigenvalue weighted by Crippen LogP contribution is 2.26. The molecule has 0 spiro atoms. The van der Waals surface area contributed by atoms with E-state index in [4.69, 9.17) is 0 Å². The average molecular weight is 390 g/mol. The lowest BCUT2D eigenvalue weighted by atomic mass is 9.94. The molecule has 8 nitrogen and oxygen atoms in total. The van der Waals surface area contributed by atoms with E-state index in [1.54, 1.807) is 0 Å². The molecule has 2 atom stereocenters. The molecule has 2 N–H and O–H groups in total. The lowest BCUT2D eigenvalue weighted by molar-refractivity contribution is -0.132. The fraction of sp³-hybridized carbons (Fsp3) is 0.700. The van der Waals surface area contributed by atoms with Crippen molar-refractivity contribution in [1.29, 1.82) is 0 Å². The number of imide groups is 1. The number of aromatic nitrogens is 2. The fourth-order valence-corrected chi connectivity index (χ4v) is 4.57. The standard InChI is InChI=1S/C20H31N5O3/c1-5-24-14(4)18(13(3)23-24)12(2)21-17(26)11-16-19(27)25(20(28)22-16)15-9-7-6-8-10-15/h12,15-16H,5-11H2,1-4H3,(H,21,26)(H,22,28)/t12-,16-/m1/s1. The molecule has 28 heavy (non-hydrogen) atoms. The zero-order valence-corrected chi connectivity index (χ0v) is 17.2. The Kier molecular flexibility index (Phi) is 6.05. The molecule has 0 unspecified atom stereocenters. The van der Waals surface area contributed by atoms with Gasteiger partial charge >= 0.3 is 6.03 Å². The maximum absolute atomic E-state index is 12.7. The Morgan fingerprint density at radius 2 is 1.93 bits per heavy atom. The number of rotatable bonds is 6. The molecular weight excluding hydrogens is 358 g/mol. The summed E-state index contributed by atoms with van der Waals surface area (Å²) >= 11 is 0. The first kappa shape index (κ1) is 20.4. The van der Waals surface area contributed by atoms with E-state index in [1.807, 2.05) is 32.4 Å². The van der Waals surface area contributed by atoms with Crippen LogP contribution in [0.4, 0.5) is 4.79 Å². The predicted molar refractivity (Wildman–Crippen MR) is 105 cm³/mol. The number of nitrogens with one attached hydrogen (secondary N) is 2. The van der Waals surface area contributed by atoms with E-state index in [2.05, 4.69) is 15.7 Å². The Balaban J connectivity index is 1.61. The average Bonchev–Trinajstić information content (AvgIpc) is 3.10. The maximum Gasteiger partial charge on any atom is 0.325 e. The Morgan fingerprint density at radius 1 is 1.25 bits per heavy atom. The highest BCUT2D eigenvalue weighted by atomic mass is 16.2. The number of amides is 4. The van der Waals surface area contributed by atoms with E-state index in [0.29, 0.717) is 0 Å². The molecule has 1 saturated heterocycles. The van der Waals surface area contributed by atoms with Gasteiger partial charge in [-0.3, -0.25) is 19.2 Å². The van der Waals surface area contributed by atoms with E-state index in [-0.39, 0.29) is 36.3 Å². The SMILES string of the molecule is CCn1nc(C)c([C@@H](C)NC(=O)C[C@H]2NC(=O)N(C3CCCCC3)C2=O)c1C. The van der Waals surface area contributed by atoms with Crippen LogP contribution >= 0.6 is 0 Å². The Bertz CT molecular complexity index is 766. The molecule has 2 fully saturated rings. The molecule has 3 rings (SSSR count). The number of hydrogen-bond donors (Lipinski definition) is 2. The molecule has 1 saturated carbocycles. The molecule has 0 aromatic carbocycles. The Morgan fingerprint density at radius 3 is 2.54 bits per heavy atom. The van der Waals surface area contributed by atoms with Crippen molar-refractivity contribution in [3.05, 3.63) is 17.0 Å². The van der Waals surface area contributed by atoms with Crippen molar-refractivity contribution in [3.8, 4) is 0 Å². The summed E-state index contributed by atoms with van der Waals surface area (Å²) in [4.78, 5) is 38.9. The molecule has 1 aromatic heterocycles. The minimum absolute atomic E-state index is 0.0292. The topological polar surface area (TPSA) is 96.3 Å². The largest absolute Gasteiger partial charge is 0.349 e. The molecule has 2 heterocycles. The van der Waals surface area contributed by atoms with E-state index in [0.717, 1.165) is 55.6 Å². The molecule has 2 aliphatic rings. The van der Waals surface area contributed by atoms with Gasteiger partial charge in [-0.1, -0.05) is 19.3 Å². The van der Waals surface area contributed by atoms with E-state index in [9.17, 15) is 14.4 Å². The second-order valence-corrected chi connectivity index (χ2v) is 7.90. The van der Waals surface area contributed by atoms with E-state index >= 15 is 0 Å². The summed E-state index contributed by atoms with van der Waals surface area (Å²) in [6, 6.07) is -1.38. The number of carbonyl (C=O) groups excluding carboxylic acids is 3. The van der Waals surface area contributed by atoms with Gasteiger partial charge in [-0.2, -0.15) is 5.10 Å². The van der Waals surface area contributed by atoms with Gasteiger partial charge in [0.2, 0.25) is 5.91 Å². The van der Waals surface area contributed by atoms with Gasteiger partial charge in [0, 0.05) is 23.8 Å². The van der Waals surface area contributed by atoms with Crippen LogP contribution in [0.2, 0.25) is 0 Å². The predicted octanol–water partition coefficient (Wildman–Crippen LogP) is 2.34. The molecule has 1 aliphatic heterocycles. The summed E-state index contributed by atoms with van der Waals surface area (Å²) in [5.41, 5.74) is 2.92. The summed E-state index contributed by atoms with van der Waals surface area (Å²) in [5.74, 6) is -0.523. The smallest absolute Gasteiger partial charge is 0.325 e. The van der Waals surface area contributed by atoms with Crippen LogP contribution in [0.1, 0.15) is 75.4 Å². The molecule has 0 bridgehead atoms. The fourth-order valence-electron chi connectivity index (χ4n) is 4.57. The quantitative estimate of drug-likeness (QED) is 0.730. The van der Waals surface area contributed by atoms with Crippen LogP contribution in [-0.2, 0) is 16.1 Å². The summed E-state index contributed by atoms with van der Waals surface area (Å²) in [6.07, 6.45) is 4.89. The van der Waals surface area contributed by atoms with Gasteiger partial charge in [-0.15, -0.1) is 0 Å². The number of carbonyl (C=O) groups is 3. The minimum Gasteiger partial charge on any atom is -0.349 e. The van der Waals surface area contributed by atoms with E-state index < -0.39 is 6.04 Å². The molecule has 8 heteroatoms. The van der Waals surface area contributed by atoms with Crippen molar-refractivity contribution < 1.29 is 14.4 Å². The third kappa shape index (κ3) is 3.91. The monoisotopic (exact) mass is 389 g/mol. The first-order valence-corrected chi connectivity index (χ1v) is 10.3. The maximum atomic E-state index is 12.7. The van der Waals surface area contributed by atoms with Crippen LogP contribution < -0.4 is 10.6 Å². The van der Waals surface area contributed by atoms with Crippen molar-refractivity contribution in [2.45, 2.75) is 90.9 Å². The van der Waals surface area contributed by atoms with Gasteiger partial charge in [0.15, 0.2) is 0 Å². The minimum atomic E-state index is -0.776. The van der Waals surface area contributed by atoms with Gasteiger partial charge in [0.25, 0.3) is 5.91 Å². The van der Waals surface area contributed by atoms with Crippen molar-refractivity contribution in [2.24, 2.45) is 0 Å². The Hall–Kier alpha value is -2.38. The van der Waals surface area contributed by atoms with Gasteiger partial charge in [0.1, 0.15) is 6.04 Å².